The number of aryl methyl sites for hydroxylation is 2. The van der Waals surface area contributed by atoms with E-state index in [0.717, 1.165) is 19.6 Å². The normalized spacial score (nSPS) is 30.9. The Morgan fingerprint density at radius 3 is 2.71 bits per heavy atom. The number of aliphatic hydroxyl groups is 1. The molecule has 92 valence electrons. The Labute approximate surface area is 103 Å². The van der Waals surface area contributed by atoms with Crippen LogP contribution in [0.3, 0.4) is 0 Å². The van der Waals surface area contributed by atoms with Crippen molar-refractivity contribution in [3.63, 3.8) is 0 Å². The van der Waals surface area contributed by atoms with Crippen molar-refractivity contribution in [3.8, 4) is 0 Å². The van der Waals surface area contributed by atoms with Crippen LogP contribution in [0.15, 0.2) is 12.1 Å². The molecule has 1 aromatic rings. The minimum absolute atomic E-state index is 0.0454. The first-order valence-electron chi connectivity index (χ1n) is 6.57. The topological polar surface area (TPSA) is 23.5 Å². The van der Waals surface area contributed by atoms with Gasteiger partial charge in [-0.05, 0) is 42.6 Å². The lowest BCUT2D eigenvalue weighted by Gasteiger charge is -2.46. The fourth-order valence-corrected chi connectivity index (χ4v) is 3.64. The summed E-state index contributed by atoms with van der Waals surface area (Å²) < 4.78 is 0. The molecule has 2 nitrogen and oxygen atoms in total. The highest BCUT2D eigenvalue weighted by molar-refractivity contribution is 5.56. The average Bonchev–Trinajstić information content (AvgIpc) is 2.67. The molecule has 17 heavy (non-hydrogen) atoms. The van der Waals surface area contributed by atoms with Crippen molar-refractivity contribution in [2.45, 2.75) is 32.1 Å². The van der Waals surface area contributed by atoms with E-state index in [1.807, 2.05) is 0 Å². The Balaban J connectivity index is 2.07. The standard InChI is InChI=1S/C15H21NO/c1-4-16-7-14-12-5-10(2)11(3)6-13(12)15(14,8-16)9-17/h5-6,14,17H,4,7-9H2,1-3H3. The van der Waals surface area contributed by atoms with Gasteiger partial charge in [0.2, 0.25) is 0 Å². The lowest BCUT2D eigenvalue weighted by atomic mass is 9.57. The fraction of sp³-hybridized carbons (Fsp3) is 0.600. The van der Waals surface area contributed by atoms with Crippen LogP contribution in [0.25, 0.3) is 0 Å². The number of benzene rings is 1. The van der Waals surface area contributed by atoms with Gasteiger partial charge < -0.3 is 10.0 Å². The molecule has 0 amide bonds. The number of likely N-dealkylation sites (N-methyl/N-ethyl adjacent to an activating group) is 1. The van der Waals surface area contributed by atoms with Crippen molar-refractivity contribution in [2.24, 2.45) is 0 Å². The molecule has 0 spiro atoms. The van der Waals surface area contributed by atoms with Crippen LogP contribution in [0.5, 0.6) is 0 Å². The SMILES string of the molecule is CCN1CC2c3cc(C)c(C)cc3C2(CO)C1. The van der Waals surface area contributed by atoms with Gasteiger partial charge in [0.05, 0.1) is 6.61 Å². The van der Waals surface area contributed by atoms with Crippen molar-refractivity contribution in [1.29, 1.82) is 0 Å². The van der Waals surface area contributed by atoms with Crippen LogP contribution < -0.4 is 0 Å². The second kappa shape index (κ2) is 3.56. The number of hydrogen-bond donors (Lipinski definition) is 1. The van der Waals surface area contributed by atoms with Crippen LogP contribution in [0.2, 0.25) is 0 Å². The molecule has 2 aliphatic rings. The summed E-state index contributed by atoms with van der Waals surface area (Å²) in [6.07, 6.45) is 0. The Morgan fingerprint density at radius 1 is 1.35 bits per heavy atom. The predicted octanol–water partition coefficient (Wildman–Crippen LogP) is 1.97. The Bertz CT molecular complexity index is 468. The molecule has 1 heterocycles. The second-order valence-corrected chi connectivity index (χ2v) is 5.72. The number of hydrogen-bond acceptors (Lipinski definition) is 2. The molecule has 1 N–H and O–H groups in total. The Hall–Kier alpha value is -0.860. The van der Waals surface area contributed by atoms with Gasteiger partial charge in [0, 0.05) is 24.4 Å². The minimum Gasteiger partial charge on any atom is -0.395 e. The molecule has 1 fully saturated rings. The van der Waals surface area contributed by atoms with E-state index in [4.69, 9.17) is 0 Å². The summed E-state index contributed by atoms with van der Waals surface area (Å²) in [7, 11) is 0. The highest BCUT2D eigenvalue weighted by Gasteiger charge is 2.56. The molecular formula is C15H21NO. The van der Waals surface area contributed by atoms with Crippen molar-refractivity contribution >= 4 is 0 Å². The number of aliphatic hydroxyl groups excluding tert-OH is 1. The lowest BCUT2D eigenvalue weighted by Crippen LogP contribution is -2.46. The van der Waals surface area contributed by atoms with Crippen LogP contribution in [0.1, 0.15) is 35.1 Å². The molecule has 0 aromatic heterocycles. The quantitative estimate of drug-likeness (QED) is 0.841. The molecule has 2 unspecified atom stereocenters. The van der Waals surface area contributed by atoms with Gasteiger partial charge in [0.25, 0.3) is 0 Å². The van der Waals surface area contributed by atoms with E-state index < -0.39 is 0 Å². The lowest BCUT2D eigenvalue weighted by molar-refractivity contribution is 0.163. The first-order chi connectivity index (χ1) is 8.12. The highest BCUT2D eigenvalue weighted by Crippen LogP contribution is 2.56. The maximum atomic E-state index is 9.84. The third-order valence-corrected chi connectivity index (χ3v) is 4.92. The molecule has 0 bridgehead atoms. The molecule has 1 aromatic carbocycles. The van der Waals surface area contributed by atoms with Crippen LogP contribution in [0, 0.1) is 13.8 Å². The van der Waals surface area contributed by atoms with Crippen molar-refractivity contribution in [3.05, 3.63) is 34.4 Å². The van der Waals surface area contributed by atoms with Crippen LogP contribution in [0.4, 0.5) is 0 Å². The van der Waals surface area contributed by atoms with Gasteiger partial charge in [-0.3, -0.25) is 0 Å². The third-order valence-electron chi connectivity index (χ3n) is 4.92. The van der Waals surface area contributed by atoms with Crippen molar-refractivity contribution in [1.82, 2.24) is 4.90 Å². The molecule has 1 aliphatic carbocycles. The van der Waals surface area contributed by atoms with Crippen LogP contribution >= 0.6 is 0 Å². The number of nitrogens with zero attached hydrogens (tertiary/aromatic N) is 1. The largest absolute Gasteiger partial charge is 0.395 e. The van der Waals surface area contributed by atoms with Crippen molar-refractivity contribution < 1.29 is 5.11 Å². The molecule has 1 aliphatic heterocycles. The second-order valence-electron chi connectivity index (χ2n) is 5.72. The Morgan fingerprint density at radius 2 is 2.06 bits per heavy atom. The van der Waals surface area contributed by atoms with Gasteiger partial charge >= 0.3 is 0 Å². The zero-order valence-electron chi connectivity index (χ0n) is 11.0. The molecule has 0 radical (unpaired) electrons. The minimum atomic E-state index is 0.0454. The zero-order valence-corrected chi connectivity index (χ0v) is 11.0. The van der Waals surface area contributed by atoms with E-state index in [-0.39, 0.29) is 5.41 Å². The van der Waals surface area contributed by atoms with Gasteiger partial charge in [-0.1, -0.05) is 19.1 Å². The van der Waals surface area contributed by atoms with E-state index in [1.54, 1.807) is 0 Å². The van der Waals surface area contributed by atoms with E-state index in [2.05, 4.69) is 37.8 Å². The van der Waals surface area contributed by atoms with Gasteiger partial charge in [-0.15, -0.1) is 0 Å². The molecule has 0 saturated carbocycles. The maximum absolute atomic E-state index is 9.84. The average molecular weight is 231 g/mol. The summed E-state index contributed by atoms with van der Waals surface area (Å²) in [5.41, 5.74) is 5.67. The van der Waals surface area contributed by atoms with Gasteiger partial charge in [0.1, 0.15) is 0 Å². The third kappa shape index (κ3) is 1.28. The van der Waals surface area contributed by atoms with E-state index in [9.17, 15) is 5.11 Å². The van der Waals surface area contributed by atoms with Crippen LogP contribution in [-0.4, -0.2) is 36.2 Å². The number of fused-ring (bicyclic) bond motifs is 4. The van der Waals surface area contributed by atoms with Crippen LogP contribution in [-0.2, 0) is 5.41 Å². The van der Waals surface area contributed by atoms with E-state index in [0.29, 0.717) is 12.5 Å². The summed E-state index contributed by atoms with van der Waals surface area (Å²) in [4.78, 5) is 2.46. The number of rotatable bonds is 2. The molecule has 2 heteroatoms. The highest BCUT2D eigenvalue weighted by atomic mass is 16.3. The van der Waals surface area contributed by atoms with Gasteiger partial charge in [-0.2, -0.15) is 0 Å². The van der Waals surface area contributed by atoms with E-state index in [1.165, 1.54) is 22.3 Å². The summed E-state index contributed by atoms with van der Waals surface area (Å²) >= 11 is 0. The predicted molar refractivity (Wildman–Crippen MR) is 69.5 cm³/mol. The number of likely N-dealkylation sites (tertiary alicyclic amines) is 1. The molecule has 2 atom stereocenters. The molecular weight excluding hydrogens is 210 g/mol. The van der Waals surface area contributed by atoms with Gasteiger partial charge in [0.15, 0.2) is 0 Å². The summed E-state index contributed by atoms with van der Waals surface area (Å²) in [5, 5.41) is 9.84. The van der Waals surface area contributed by atoms with Crippen molar-refractivity contribution in [2.75, 3.05) is 26.2 Å². The summed E-state index contributed by atoms with van der Waals surface area (Å²) in [6.45, 7) is 10.1. The maximum Gasteiger partial charge on any atom is 0.0546 e. The summed E-state index contributed by atoms with van der Waals surface area (Å²) in [5.74, 6) is 0.557. The molecule has 3 rings (SSSR count). The monoisotopic (exact) mass is 231 g/mol. The Kier molecular flexibility index (Phi) is 2.36. The zero-order chi connectivity index (χ0) is 12.2. The summed E-state index contributed by atoms with van der Waals surface area (Å²) in [6, 6.07) is 4.64. The fourth-order valence-electron chi connectivity index (χ4n) is 3.64. The smallest absolute Gasteiger partial charge is 0.0546 e. The molecule has 1 saturated heterocycles. The van der Waals surface area contributed by atoms with Gasteiger partial charge in [-0.25, -0.2) is 0 Å². The van der Waals surface area contributed by atoms with E-state index >= 15 is 0 Å². The first kappa shape index (κ1) is 11.2. The first-order valence-corrected chi connectivity index (χ1v) is 6.57.